The molecule has 4 aliphatic rings. The summed E-state index contributed by atoms with van der Waals surface area (Å²) in [4.78, 5) is 33.6. The topological polar surface area (TPSA) is 86.3 Å². The lowest BCUT2D eigenvalue weighted by Gasteiger charge is -2.35. The van der Waals surface area contributed by atoms with Crippen LogP contribution in [0.25, 0.3) is 0 Å². The molecule has 0 aromatic rings. The third kappa shape index (κ3) is 4.25. The molecule has 0 aromatic carbocycles. The largest absolute Gasteiger partial charge is 0.373 e. The van der Waals surface area contributed by atoms with Crippen molar-refractivity contribution in [2.24, 2.45) is 28.7 Å². The van der Waals surface area contributed by atoms with Crippen LogP contribution in [0.4, 0.5) is 0 Å². The van der Waals surface area contributed by atoms with Crippen LogP contribution in [0.2, 0.25) is 0 Å². The molecule has 3 fully saturated rings. The number of guanidine groups is 1. The van der Waals surface area contributed by atoms with E-state index in [2.05, 4.69) is 46.5 Å². The normalized spacial score (nSPS) is 36.0. The van der Waals surface area contributed by atoms with Gasteiger partial charge in [-0.25, -0.2) is 0 Å². The molecule has 6 atom stereocenters. The van der Waals surface area contributed by atoms with Gasteiger partial charge in [0.2, 0.25) is 11.8 Å². The van der Waals surface area contributed by atoms with E-state index >= 15 is 0 Å². The first kappa shape index (κ1) is 21.3. The van der Waals surface area contributed by atoms with E-state index in [1.54, 1.807) is 7.05 Å². The third-order valence-electron chi connectivity index (χ3n) is 6.85. The molecule has 8 nitrogen and oxygen atoms in total. The van der Waals surface area contributed by atoms with Crippen LogP contribution in [0.3, 0.4) is 0 Å². The molecule has 6 unspecified atom stereocenters. The number of allylic oxidation sites excluding steroid dienone is 2. The second-order valence-corrected chi connectivity index (χ2v) is 9.12. The van der Waals surface area contributed by atoms with Crippen LogP contribution in [0.1, 0.15) is 26.7 Å². The Balaban J connectivity index is 1.15. The molecule has 8 heteroatoms. The number of morpholine rings is 1. The molecule has 0 radical (unpaired) electrons. The van der Waals surface area contributed by atoms with E-state index in [1.165, 1.54) is 4.90 Å². The highest BCUT2D eigenvalue weighted by Gasteiger charge is 2.58. The van der Waals surface area contributed by atoms with E-state index in [0.717, 1.165) is 39.0 Å². The van der Waals surface area contributed by atoms with Crippen LogP contribution in [0.15, 0.2) is 17.1 Å². The van der Waals surface area contributed by atoms with Crippen LogP contribution in [0.5, 0.6) is 0 Å². The zero-order chi connectivity index (χ0) is 21.3. The van der Waals surface area contributed by atoms with Gasteiger partial charge >= 0.3 is 0 Å². The Morgan fingerprint density at radius 3 is 2.23 bits per heavy atom. The summed E-state index contributed by atoms with van der Waals surface area (Å²) in [5.41, 5.74) is 0. The number of hydrogen-bond donors (Lipinski definition) is 2. The molecule has 2 heterocycles. The predicted octanol–water partition coefficient (Wildman–Crippen LogP) is 0.458. The number of likely N-dealkylation sites (tertiary alicyclic amines) is 1. The molecule has 2 N–H and O–H groups in total. The summed E-state index contributed by atoms with van der Waals surface area (Å²) in [6.45, 7) is 8.96. The van der Waals surface area contributed by atoms with Crippen molar-refractivity contribution in [3.05, 3.63) is 12.2 Å². The molecule has 30 heavy (non-hydrogen) atoms. The van der Waals surface area contributed by atoms with Crippen molar-refractivity contribution in [3.63, 3.8) is 0 Å². The van der Waals surface area contributed by atoms with Gasteiger partial charge in [0.15, 0.2) is 5.96 Å². The number of nitrogens with zero attached hydrogens (tertiary/aromatic N) is 3. The van der Waals surface area contributed by atoms with E-state index in [9.17, 15) is 9.59 Å². The van der Waals surface area contributed by atoms with Crippen molar-refractivity contribution in [3.8, 4) is 0 Å². The Morgan fingerprint density at radius 1 is 1.03 bits per heavy atom. The lowest BCUT2D eigenvalue weighted by atomic mass is 9.85. The highest BCUT2D eigenvalue weighted by Crippen LogP contribution is 2.52. The molecular formula is C22H35N5O3. The highest BCUT2D eigenvalue weighted by atomic mass is 16.5. The van der Waals surface area contributed by atoms with E-state index in [1.807, 2.05) is 0 Å². The van der Waals surface area contributed by atoms with E-state index < -0.39 is 0 Å². The minimum absolute atomic E-state index is 0.0144. The quantitative estimate of drug-likeness (QED) is 0.206. The van der Waals surface area contributed by atoms with Crippen LogP contribution in [0, 0.1) is 23.7 Å². The summed E-state index contributed by atoms with van der Waals surface area (Å²) in [6.07, 6.45) is 6.82. The number of nitrogens with one attached hydrogen (secondary N) is 2. The van der Waals surface area contributed by atoms with Crippen LogP contribution < -0.4 is 10.6 Å². The Bertz CT molecular complexity index is 684. The number of carbonyl (C=O) groups is 2. The molecule has 4 rings (SSSR count). The van der Waals surface area contributed by atoms with E-state index in [0.29, 0.717) is 19.0 Å². The van der Waals surface area contributed by atoms with Gasteiger partial charge in [-0.1, -0.05) is 12.2 Å². The second-order valence-electron chi connectivity index (χ2n) is 9.12. The van der Waals surface area contributed by atoms with Crippen molar-refractivity contribution in [2.75, 3.05) is 46.3 Å². The molecule has 166 valence electrons. The Morgan fingerprint density at radius 2 is 1.63 bits per heavy atom. The Kier molecular flexibility index (Phi) is 6.43. The number of hydrogen-bond acceptors (Lipinski definition) is 5. The average molecular weight is 418 g/mol. The molecule has 0 spiro atoms. The molecule has 2 bridgehead atoms. The zero-order valence-corrected chi connectivity index (χ0v) is 18.3. The van der Waals surface area contributed by atoms with Gasteiger partial charge in [0, 0.05) is 46.3 Å². The van der Waals surface area contributed by atoms with Gasteiger partial charge in [0.25, 0.3) is 0 Å². The summed E-state index contributed by atoms with van der Waals surface area (Å²) in [5.74, 6) is 1.04. The first-order valence-electron chi connectivity index (χ1n) is 11.3. The summed E-state index contributed by atoms with van der Waals surface area (Å²) in [7, 11) is 1.74. The minimum Gasteiger partial charge on any atom is -0.373 e. The van der Waals surface area contributed by atoms with E-state index in [4.69, 9.17) is 4.74 Å². The van der Waals surface area contributed by atoms with Crippen molar-refractivity contribution in [2.45, 2.75) is 38.9 Å². The second kappa shape index (κ2) is 9.06. The number of rotatable bonds is 7. The molecule has 2 saturated heterocycles. The maximum absolute atomic E-state index is 12.7. The summed E-state index contributed by atoms with van der Waals surface area (Å²) >= 11 is 0. The SMILES string of the molecule is CN=C(NCCCN1CC(C)OC(C)C1)NCCN1C(=O)C2C3C=CC(C3)C2C1=O. The first-order valence-corrected chi connectivity index (χ1v) is 11.3. The molecule has 0 aromatic heterocycles. The molecule has 2 amide bonds. The molecule has 2 aliphatic carbocycles. The standard InChI is InChI=1S/C22H35N5O3/c1-14-12-26(13-15(2)30-14)9-4-7-24-22(23-3)25-8-10-27-20(28)18-16-5-6-17(11-16)19(18)21(27)29/h5-6,14-19H,4,7-13H2,1-3H3,(H2,23,24,25). The number of fused-ring (bicyclic) bond motifs is 5. The fourth-order valence-corrected chi connectivity index (χ4v) is 5.67. The number of carbonyl (C=O) groups excluding carboxylic acids is 2. The van der Waals surface area contributed by atoms with Gasteiger partial charge in [0.05, 0.1) is 24.0 Å². The first-order chi connectivity index (χ1) is 14.5. The number of aliphatic imine (C=N–C) groups is 1. The maximum atomic E-state index is 12.7. The smallest absolute Gasteiger partial charge is 0.233 e. The zero-order valence-electron chi connectivity index (χ0n) is 18.3. The Labute approximate surface area is 179 Å². The fraction of sp³-hybridized carbons (Fsp3) is 0.773. The van der Waals surface area contributed by atoms with Crippen LogP contribution in [-0.4, -0.2) is 86.1 Å². The number of amides is 2. The lowest BCUT2D eigenvalue weighted by Crippen LogP contribution is -2.47. The summed E-state index contributed by atoms with van der Waals surface area (Å²) in [6, 6.07) is 0. The molecule has 1 saturated carbocycles. The van der Waals surface area contributed by atoms with Crippen molar-refractivity contribution in [1.82, 2.24) is 20.4 Å². The van der Waals surface area contributed by atoms with Gasteiger partial charge in [-0.05, 0) is 38.5 Å². The van der Waals surface area contributed by atoms with E-state index in [-0.39, 0.29) is 47.7 Å². The Hall–Kier alpha value is -1.93. The fourth-order valence-electron chi connectivity index (χ4n) is 5.67. The highest BCUT2D eigenvalue weighted by molar-refractivity contribution is 6.06. The van der Waals surface area contributed by atoms with Crippen LogP contribution >= 0.6 is 0 Å². The monoisotopic (exact) mass is 417 g/mol. The van der Waals surface area contributed by atoms with Gasteiger partial charge in [-0.2, -0.15) is 0 Å². The number of imide groups is 1. The summed E-state index contributed by atoms with van der Waals surface area (Å²) in [5, 5.41) is 6.56. The molecule has 2 aliphatic heterocycles. The minimum atomic E-state index is -0.115. The maximum Gasteiger partial charge on any atom is 0.233 e. The van der Waals surface area contributed by atoms with Crippen molar-refractivity contribution < 1.29 is 14.3 Å². The van der Waals surface area contributed by atoms with Gasteiger partial charge in [-0.3, -0.25) is 24.4 Å². The van der Waals surface area contributed by atoms with Crippen molar-refractivity contribution in [1.29, 1.82) is 0 Å². The van der Waals surface area contributed by atoms with Crippen LogP contribution in [-0.2, 0) is 14.3 Å². The summed E-state index contributed by atoms with van der Waals surface area (Å²) < 4.78 is 5.78. The molecular weight excluding hydrogens is 382 g/mol. The predicted molar refractivity (Wildman–Crippen MR) is 115 cm³/mol. The van der Waals surface area contributed by atoms with Gasteiger partial charge in [0.1, 0.15) is 0 Å². The van der Waals surface area contributed by atoms with Gasteiger partial charge < -0.3 is 15.4 Å². The van der Waals surface area contributed by atoms with Gasteiger partial charge in [-0.15, -0.1) is 0 Å². The average Bonchev–Trinajstić information content (AvgIpc) is 3.38. The number of ether oxygens (including phenoxy) is 1. The lowest BCUT2D eigenvalue weighted by molar-refractivity contribution is -0.140. The van der Waals surface area contributed by atoms with Crippen molar-refractivity contribution >= 4 is 17.8 Å². The third-order valence-corrected chi connectivity index (χ3v) is 6.85.